The highest BCUT2D eigenvalue weighted by atomic mass is 16.1. The van der Waals surface area contributed by atoms with Crippen LogP contribution in [-0.4, -0.2) is 15.6 Å². The summed E-state index contributed by atoms with van der Waals surface area (Å²) in [6.07, 6.45) is 3.27. The number of carbonyl (C=O) groups is 1. The minimum atomic E-state index is -0.101. The van der Waals surface area contributed by atoms with E-state index < -0.39 is 0 Å². The second-order valence-corrected chi connectivity index (χ2v) is 4.42. The Morgan fingerprint density at radius 2 is 2.12 bits per heavy atom. The lowest BCUT2D eigenvalue weighted by atomic mass is 10.2. The van der Waals surface area contributed by atoms with E-state index in [9.17, 15) is 9.59 Å². The molecule has 3 rings (SSSR count). The van der Waals surface area contributed by atoms with Crippen LogP contribution in [0.1, 0.15) is 12.8 Å². The van der Waals surface area contributed by atoms with Crippen LogP contribution in [0.25, 0.3) is 10.9 Å². The molecule has 1 saturated carbocycles. The molecule has 0 atom stereocenters. The van der Waals surface area contributed by atoms with Gasteiger partial charge in [-0.3, -0.25) is 14.3 Å². The second kappa shape index (κ2) is 3.80. The van der Waals surface area contributed by atoms with E-state index in [1.54, 1.807) is 10.7 Å². The average molecular weight is 228 g/mol. The minimum absolute atomic E-state index is 0.101. The maximum Gasteiger partial charge on any atom is 0.207 e. The van der Waals surface area contributed by atoms with Gasteiger partial charge in [0.25, 0.3) is 0 Å². The number of ketones is 1. The number of hydrogen-bond acceptors (Lipinski definition) is 3. The van der Waals surface area contributed by atoms with Crippen LogP contribution in [-0.2, 0) is 11.3 Å². The van der Waals surface area contributed by atoms with Crippen molar-refractivity contribution >= 4 is 16.7 Å². The van der Waals surface area contributed by atoms with Crippen LogP contribution in [0, 0.1) is 5.92 Å². The molecule has 86 valence electrons. The summed E-state index contributed by atoms with van der Waals surface area (Å²) in [7, 11) is 0. The summed E-state index contributed by atoms with van der Waals surface area (Å²) in [5.41, 5.74) is 0.629. The average Bonchev–Trinajstić information content (AvgIpc) is 3.17. The van der Waals surface area contributed by atoms with Crippen molar-refractivity contribution in [3.05, 3.63) is 40.7 Å². The lowest BCUT2D eigenvalue weighted by molar-refractivity contribution is -0.120. The molecule has 1 aromatic heterocycles. The molecule has 1 fully saturated rings. The molecule has 1 aliphatic carbocycles. The number of para-hydroxylation sites is 1. The summed E-state index contributed by atoms with van der Waals surface area (Å²) in [4.78, 5) is 23.4. The van der Waals surface area contributed by atoms with Crippen molar-refractivity contribution in [2.75, 3.05) is 0 Å². The van der Waals surface area contributed by atoms with Crippen LogP contribution in [0.5, 0.6) is 0 Å². The van der Waals surface area contributed by atoms with E-state index in [-0.39, 0.29) is 23.7 Å². The molecule has 4 nitrogen and oxygen atoms in total. The molecule has 0 unspecified atom stereocenters. The fraction of sp³-hybridized carbons (Fsp3) is 0.308. The first-order valence-corrected chi connectivity index (χ1v) is 5.73. The predicted octanol–water partition coefficient (Wildman–Crippen LogP) is 1.38. The highest BCUT2D eigenvalue weighted by Crippen LogP contribution is 2.30. The largest absolute Gasteiger partial charge is 0.297 e. The van der Waals surface area contributed by atoms with E-state index in [1.807, 2.05) is 18.2 Å². The van der Waals surface area contributed by atoms with Gasteiger partial charge < -0.3 is 0 Å². The Labute approximate surface area is 97.9 Å². The zero-order valence-corrected chi connectivity index (χ0v) is 9.30. The molecule has 1 heterocycles. The van der Waals surface area contributed by atoms with Crippen LogP contribution in [0.4, 0.5) is 0 Å². The van der Waals surface area contributed by atoms with Crippen LogP contribution >= 0.6 is 0 Å². The van der Waals surface area contributed by atoms with E-state index in [2.05, 4.69) is 5.10 Å². The monoisotopic (exact) mass is 228 g/mol. The Morgan fingerprint density at radius 1 is 1.35 bits per heavy atom. The lowest BCUT2D eigenvalue weighted by Crippen LogP contribution is -2.18. The normalized spacial score (nSPS) is 15.1. The first-order chi connectivity index (χ1) is 8.25. The Balaban J connectivity index is 2.07. The van der Waals surface area contributed by atoms with Gasteiger partial charge in [-0.2, -0.15) is 5.10 Å². The minimum Gasteiger partial charge on any atom is -0.297 e. The Hall–Kier alpha value is -1.97. The van der Waals surface area contributed by atoms with E-state index in [1.165, 1.54) is 6.20 Å². The SMILES string of the molecule is O=C(Cn1ncc(=O)c2ccccc21)C1CC1. The Kier molecular flexibility index (Phi) is 2.28. The summed E-state index contributed by atoms with van der Waals surface area (Å²) >= 11 is 0. The summed E-state index contributed by atoms with van der Waals surface area (Å²) in [5, 5.41) is 4.66. The summed E-state index contributed by atoms with van der Waals surface area (Å²) < 4.78 is 1.62. The van der Waals surface area contributed by atoms with Gasteiger partial charge in [0.05, 0.1) is 11.7 Å². The summed E-state index contributed by atoms with van der Waals surface area (Å²) in [5.74, 6) is 0.432. The number of nitrogens with zero attached hydrogens (tertiary/aromatic N) is 2. The summed E-state index contributed by atoms with van der Waals surface area (Å²) in [6.45, 7) is 0.269. The first kappa shape index (κ1) is 10.2. The van der Waals surface area contributed by atoms with Gasteiger partial charge in [-0.1, -0.05) is 12.1 Å². The van der Waals surface area contributed by atoms with E-state index in [0.717, 1.165) is 18.4 Å². The summed E-state index contributed by atoms with van der Waals surface area (Å²) in [6, 6.07) is 7.25. The Bertz CT molecular complexity index is 641. The molecule has 17 heavy (non-hydrogen) atoms. The first-order valence-electron chi connectivity index (χ1n) is 5.73. The van der Waals surface area contributed by atoms with Gasteiger partial charge in [-0.25, -0.2) is 0 Å². The van der Waals surface area contributed by atoms with Crippen LogP contribution in [0.2, 0.25) is 0 Å². The van der Waals surface area contributed by atoms with Gasteiger partial charge in [-0.15, -0.1) is 0 Å². The smallest absolute Gasteiger partial charge is 0.207 e. The number of carbonyl (C=O) groups excluding carboxylic acids is 1. The maximum atomic E-state index is 11.8. The van der Waals surface area contributed by atoms with Gasteiger partial charge in [-0.05, 0) is 25.0 Å². The molecular formula is C13H12N2O2. The number of benzene rings is 1. The van der Waals surface area contributed by atoms with Crippen molar-refractivity contribution in [2.24, 2.45) is 5.92 Å². The molecule has 0 bridgehead atoms. The molecule has 0 spiro atoms. The van der Waals surface area contributed by atoms with Crippen LogP contribution < -0.4 is 5.43 Å². The van der Waals surface area contributed by atoms with Gasteiger partial charge >= 0.3 is 0 Å². The van der Waals surface area contributed by atoms with Crippen molar-refractivity contribution in [1.82, 2.24) is 9.78 Å². The van der Waals surface area contributed by atoms with Gasteiger partial charge in [0.2, 0.25) is 5.43 Å². The van der Waals surface area contributed by atoms with Crippen molar-refractivity contribution in [3.63, 3.8) is 0 Å². The number of Topliss-reactive ketones (excluding diaryl/α,β-unsaturated/α-hetero) is 1. The highest BCUT2D eigenvalue weighted by Gasteiger charge is 2.29. The standard InChI is InChI=1S/C13H12N2O2/c16-12-7-14-15(8-13(17)9-5-6-9)11-4-2-1-3-10(11)12/h1-4,7,9H,5-6,8H2. The highest BCUT2D eigenvalue weighted by molar-refractivity contribution is 5.85. The van der Waals surface area contributed by atoms with E-state index in [4.69, 9.17) is 0 Å². The van der Waals surface area contributed by atoms with E-state index in [0.29, 0.717) is 5.39 Å². The van der Waals surface area contributed by atoms with Gasteiger partial charge in [0.1, 0.15) is 6.54 Å². The zero-order valence-electron chi connectivity index (χ0n) is 9.30. The van der Waals surface area contributed by atoms with Gasteiger partial charge in [0, 0.05) is 11.3 Å². The Morgan fingerprint density at radius 3 is 2.88 bits per heavy atom. The molecule has 2 aromatic rings. The third kappa shape index (κ3) is 1.86. The molecule has 1 aliphatic rings. The molecule has 0 aliphatic heterocycles. The van der Waals surface area contributed by atoms with E-state index >= 15 is 0 Å². The zero-order chi connectivity index (χ0) is 11.8. The molecule has 0 saturated heterocycles. The third-order valence-corrected chi connectivity index (χ3v) is 3.10. The van der Waals surface area contributed by atoms with Crippen molar-refractivity contribution < 1.29 is 4.79 Å². The van der Waals surface area contributed by atoms with Crippen LogP contribution in [0.15, 0.2) is 35.3 Å². The van der Waals surface area contributed by atoms with Crippen LogP contribution in [0.3, 0.4) is 0 Å². The molecule has 4 heteroatoms. The molecule has 1 aromatic carbocycles. The predicted molar refractivity (Wildman–Crippen MR) is 63.7 cm³/mol. The lowest BCUT2D eigenvalue weighted by Gasteiger charge is -2.07. The molecule has 0 amide bonds. The fourth-order valence-electron chi connectivity index (χ4n) is 1.97. The van der Waals surface area contributed by atoms with Crippen molar-refractivity contribution in [2.45, 2.75) is 19.4 Å². The number of hydrogen-bond donors (Lipinski definition) is 0. The fourth-order valence-corrected chi connectivity index (χ4v) is 1.97. The topological polar surface area (TPSA) is 52.0 Å². The quantitative estimate of drug-likeness (QED) is 0.797. The van der Waals surface area contributed by atoms with Crippen molar-refractivity contribution in [3.8, 4) is 0 Å². The molecular weight excluding hydrogens is 216 g/mol. The van der Waals surface area contributed by atoms with Crippen molar-refractivity contribution in [1.29, 1.82) is 0 Å². The maximum absolute atomic E-state index is 11.8. The molecule has 0 radical (unpaired) electrons. The van der Waals surface area contributed by atoms with Gasteiger partial charge in [0.15, 0.2) is 5.78 Å². The number of rotatable bonds is 3. The number of fused-ring (bicyclic) bond motifs is 1. The second-order valence-electron chi connectivity index (χ2n) is 4.42. The third-order valence-electron chi connectivity index (χ3n) is 3.10. The molecule has 0 N–H and O–H groups in total. The number of aromatic nitrogens is 2.